The van der Waals surface area contributed by atoms with E-state index in [0.29, 0.717) is 18.7 Å². The summed E-state index contributed by atoms with van der Waals surface area (Å²) in [6, 6.07) is 35.9. The molecule has 0 bridgehead atoms. The third-order valence-corrected chi connectivity index (χ3v) is 6.11. The Morgan fingerprint density at radius 2 is 1.41 bits per heavy atom. The number of anilines is 3. The van der Waals surface area contributed by atoms with E-state index in [0.717, 1.165) is 28.4 Å². The molecule has 5 nitrogen and oxygen atoms in total. The molecule has 170 valence electrons. The maximum atomic E-state index is 13.4. The summed E-state index contributed by atoms with van der Waals surface area (Å²) in [5, 5.41) is 3.56. The molecule has 1 aliphatic rings. The van der Waals surface area contributed by atoms with Crippen LogP contribution in [0, 0.1) is 0 Å². The third kappa shape index (κ3) is 4.46. The SMILES string of the molecule is CN(c1ccccc1)c1ccc(C2Nc3ccccc3C(=O)N2CCOc2ccccc2)cc1. The number of amides is 1. The molecule has 1 amide bonds. The Kier molecular flexibility index (Phi) is 6.17. The van der Waals surface area contributed by atoms with Crippen molar-refractivity contribution >= 4 is 23.0 Å². The molecule has 5 rings (SSSR count). The summed E-state index contributed by atoms with van der Waals surface area (Å²) in [6.45, 7) is 0.871. The van der Waals surface area contributed by atoms with Crippen molar-refractivity contribution in [3.8, 4) is 5.75 Å². The Balaban J connectivity index is 1.38. The number of fused-ring (bicyclic) bond motifs is 1. The normalized spacial score (nSPS) is 14.8. The first-order valence-electron chi connectivity index (χ1n) is 11.4. The lowest BCUT2D eigenvalue weighted by molar-refractivity contribution is 0.0651. The summed E-state index contributed by atoms with van der Waals surface area (Å²) in [5.41, 5.74) is 4.75. The fourth-order valence-electron chi connectivity index (χ4n) is 4.25. The van der Waals surface area contributed by atoms with Crippen molar-refractivity contribution in [1.29, 1.82) is 0 Å². The predicted octanol–water partition coefficient (Wildman–Crippen LogP) is 6.10. The molecule has 0 aromatic heterocycles. The first-order chi connectivity index (χ1) is 16.7. The molecule has 0 aliphatic carbocycles. The zero-order chi connectivity index (χ0) is 23.3. The highest BCUT2D eigenvalue weighted by molar-refractivity contribution is 6.01. The van der Waals surface area contributed by atoms with E-state index in [1.165, 1.54) is 0 Å². The molecule has 34 heavy (non-hydrogen) atoms. The Morgan fingerprint density at radius 1 is 0.794 bits per heavy atom. The average Bonchev–Trinajstić information content (AvgIpc) is 2.91. The van der Waals surface area contributed by atoms with E-state index >= 15 is 0 Å². The molecule has 1 N–H and O–H groups in total. The standard InChI is InChI=1S/C29H27N3O2/c1-31(23-10-4-2-5-11-23)24-18-16-22(17-19-24)28-30-27-15-9-8-14-26(27)29(33)32(28)20-21-34-25-12-6-3-7-13-25/h2-19,28,30H,20-21H2,1H3. The molecule has 4 aromatic rings. The second kappa shape index (κ2) is 9.71. The van der Waals surface area contributed by atoms with Crippen molar-refractivity contribution in [2.45, 2.75) is 6.17 Å². The smallest absolute Gasteiger partial charge is 0.257 e. The molecule has 1 aliphatic heterocycles. The van der Waals surface area contributed by atoms with Gasteiger partial charge in [-0.15, -0.1) is 0 Å². The van der Waals surface area contributed by atoms with Crippen molar-refractivity contribution in [2.75, 3.05) is 30.4 Å². The fourth-order valence-corrected chi connectivity index (χ4v) is 4.25. The second-order valence-electron chi connectivity index (χ2n) is 8.24. The first kappa shape index (κ1) is 21.6. The van der Waals surface area contributed by atoms with Crippen molar-refractivity contribution in [1.82, 2.24) is 4.90 Å². The van der Waals surface area contributed by atoms with Crippen molar-refractivity contribution in [2.24, 2.45) is 0 Å². The number of benzene rings is 4. The van der Waals surface area contributed by atoms with Crippen molar-refractivity contribution in [3.63, 3.8) is 0 Å². The Bertz CT molecular complexity index is 1240. The first-order valence-corrected chi connectivity index (χ1v) is 11.4. The lowest BCUT2D eigenvalue weighted by Crippen LogP contribution is -2.44. The molecule has 1 atom stereocenters. The summed E-state index contributed by atoms with van der Waals surface area (Å²) in [6.07, 6.45) is -0.280. The summed E-state index contributed by atoms with van der Waals surface area (Å²) < 4.78 is 5.90. The monoisotopic (exact) mass is 449 g/mol. The van der Waals surface area contributed by atoms with E-state index in [-0.39, 0.29) is 12.1 Å². The van der Waals surface area contributed by atoms with Gasteiger partial charge in [0.1, 0.15) is 18.5 Å². The molecule has 0 fully saturated rings. The highest BCUT2D eigenvalue weighted by Gasteiger charge is 2.32. The Labute approximate surface area is 200 Å². The lowest BCUT2D eigenvalue weighted by atomic mass is 10.0. The molecule has 0 spiro atoms. The number of hydrogen-bond acceptors (Lipinski definition) is 4. The van der Waals surface area contributed by atoms with Gasteiger partial charge in [-0.2, -0.15) is 0 Å². The molecular weight excluding hydrogens is 422 g/mol. The van der Waals surface area contributed by atoms with E-state index in [4.69, 9.17) is 4.74 Å². The van der Waals surface area contributed by atoms with Crippen LogP contribution in [0.2, 0.25) is 0 Å². The molecule has 0 radical (unpaired) electrons. The molecule has 5 heteroatoms. The maximum Gasteiger partial charge on any atom is 0.257 e. The molecular formula is C29H27N3O2. The average molecular weight is 450 g/mol. The van der Waals surface area contributed by atoms with E-state index in [1.54, 1.807) is 0 Å². The quantitative estimate of drug-likeness (QED) is 0.370. The molecule has 0 saturated carbocycles. The molecule has 1 unspecified atom stereocenters. The number of ether oxygens (including phenoxy) is 1. The summed E-state index contributed by atoms with van der Waals surface area (Å²) in [7, 11) is 2.05. The minimum absolute atomic E-state index is 0.00138. The molecule has 0 saturated heterocycles. The van der Waals surface area contributed by atoms with Gasteiger partial charge in [0.2, 0.25) is 0 Å². The van der Waals surface area contributed by atoms with Crippen LogP contribution in [0.3, 0.4) is 0 Å². The van der Waals surface area contributed by atoms with Gasteiger partial charge in [-0.05, 0) is 54.1 Å². The minimum atomic E-state index is -0.280. The topological polar surface area (TPSA) is 44.8 Å². The van der Waals surface area contributed by atoms with E-state index in [9.17, 15) is 4.79 Å². The van der Waals surface area contributed by atoms with Crippen LogP contribution in [-0.2, 0) is 0 Å². The van der Waals surface area contributed by atoms with Gasteiger partial charge in [-0.25, -0.2) is 0 Å². The highest BCUT2D eigenvalue weighted by atomic mass is 16.5. The lowest BCUT2D eigenvalue weighted by Gasteiger charge is -2.38. The maximum absolute atomic E-state index is 13.4. The Morgan fingerprint density at radius 3 is 2.15 bits per heavy atom. The molecule has 4 aromatic carbocycles. The number of carbonyl (C=O) groups excluding carboxylic acids is 1. The van der Waals surface area contributed by atoms with Crippen LogP contribution in [-0.4, -0.2) is 31.0 Å². The van der Waals surface area contributed by atoms with E-state index < -0.39 is 0 Å². The zero-order valence-electron chi connectivity index (χ0n) is 19.1. The van der Waals surface area contributed by atoms with Gasteiger partial charge in [-0.1, -0.05) is 60.7 Å². The van der Waals surface area contributed by atoms with Crippen LogP contribution in [0.1, 0.15) is 22.1 Å². The van der Waals surface area contributed by atoms with E-state index in [1.807, 2.05) is 77.7 Å². The summed E-state index contributed by atoms with van der Waals surface area (Å²) in [4.78, 5) is 17.4. The van der Waals surface area contributed by atoms with Crippen LogP contribution in [0.15, 0.2) is 109 Å². The number of hydrogen-bond donors (Lipinski definition) is 1. The van der Waals surface area contributed by atoms with Crippen LogP contribution in [0.25, 0.3) is 0 Å². The number of carbonyl (C=O) groups is 1. The van der Waals surface area contributed by atoms with Crippen LogP contribution < -0.4 is 15.0 Å². The van der Waals surface area contributed by atoms with Gasteiger partial charge in [-0.3, -0.25) is 4.79 Å². The van der Waals surface area contributed by atoms with Gasteiger partial charge in [0.15, 0.2) is 0 Å². The summed E-state index contributed by atoms with van der Waals surface area (Å²) >= 11 is 0. The Hall–Kier alpha value is -4.25. The second-order valence-corrected chi connectivity index (χ2v) is 8.24. The van der Waals surface area contributed by atoms with Gasteiger partial charge in [0.25, 0.3) is 5.91 Å². The van der Waals surface area contributed by atoms with Gasteiger partial charge in [0.05, 0.1) is 12.1 Å². The minimum Gasteiger partial charge on any atom is -0.492 e. The molecule has 1 heterocycles. The number of rotatable bonds is 7. The van der Waals surface area contributed by atoms with Gasteiger partial charge >= 0.3 is 0 Å². The summed E-state index contributed by atoms with van der Waals surface area (Å²) in [5.74, 6) is 0.798. The van der Waals surface area contributed by atoms with E-state index in [2.05, 4.69) is 53.7 Å². The largest absolute Gasteiger partial charge is 0.492 e. The van der Waals surface area contributed by atoms with Crippen LogP contribution in [0.4, 0.5) is 17.1 Å². The fraction of sp³-hybridized carbons (Fsp3) is 0.138. The third-order valence-electron chi connectivity index (χ3n) is 6.11. The van der Waals surface area contributed by atoms with Crippen LogP contribution >= 0.6 is 0 Å². The van der Waals surface area contributed by atoms with Gasteiger partial charge in [0, 0.05) is 24.1 Å². The zero-order valence-corrected chi connectivity index (χ0v) is 19.1. The van der Waals surface area contributed by atoms with Crippen molar-refractivity contribution in [3.05, 3.63) is 120 Å². The van der Waals surface area contributed by atoms with Gasteiger partial charge < -0.3 is 19.9 Å². The predicted molar refractivity (Wildman–Crippen MR) is 137 cm³/mol. The van der Waals surface area contributed by atoms with Crippen molar-refractivity contribution < 1.29 is 9.53 Å². The van der Waals surface area contributed by atoms with Crippen LogP contribution in [0.5, 0.6) is 5.75 Å². The number of para-hydroxylation sites is 3. The number of nitrogens with zero attached hydrogens (tertiary/aromatic N) is 2. The highest BCUT2D eigenvalue weighted by Crippen LogP contribution is 2.34. The number of nitrogens with one attached hydrogen (secondary N) is 1.